The Balaban J connectivity index is 1.41. The summed E-state index contributed by atoms with van der Waals surface area (Å²) in [7, 11) is 0. The van der Waals surface area contributed by atoms with Crippen LogP contribution in [0.2, 0.25) is 0 Å². The third-order valence-electron chi connectivity index (χ3n) is 5.12. The number of aliphatic carboxylic acids is 1. The molecule has 148 valence electrons. The molecular formula is C19H27N3O5. The lowest BCUT2D eigenvalue weighted by molar-refractivity contribution is -0.142. The van der Waals surface area contributed by atoms with E-state index >= 15 is 0 Å². The van der Waals surface area contributed by atoms with Crippen molar-refractivity contribution in [3.05, 3.63) is 23.9 Å². The zero-order valence-corrected chi connectivity index (χ0v) is 15.4. The average molecular weight is 377 g/mol. The first-order chi connectivity index (χ1) is 13.1. The topological polar surface area (TPSA) is 110 Å². The number of urea groups is 1. The zero-order chi connectivity index (χ0) is 19.1. The van der Waals surface area contributed by atoms with Crippen molar-refractivity contribution in [1.82, 2.24) is 15.6 Å². The van der Waals surface area contributed by atoms with Crippen LogP contribution < -0.4 is 15.4 Å². The standard InChI is InChI=1S/C19H27N3O5/c23-18(24)14-1-3-15(4-2-14)22-19(25)21-12-13-5-8-20-17(11-13)27-16-6-9-26-10-7-16/h5,8,11,14-16H,1-4,6-7,9-10,12H2,(H,23,24)(H2,21,22,25). The molecule has 2 amide bonds. The van der Waals surface area contributed by atoms with E-state index in [4.69, 9.17) is 14.6 Å². The molecule has 3 N–H and O–H groups in total. The molecule has 8 heteroatoms. The van der Waals surface area contributed by atoms with E-state index in [0.717, 1.165) is 18.4 Å². The van der Waals surface area contributed by atoms with Gasteiger partial charge in [0.25, 0.3) is 0 Å². The van der Waals surface area contributed by atoms with Gasteiger partial charge in [0.05, 0.1) is 19.1 Å². The summed E-state index contributed by atoms with van der Waals surface area (Å²) < 4.78 is 11.2. The van der Waals surface area contributed by atoms with E-state index in [9.17, 15) is 9.59 Å². The molecule has 0 unspecified atom stereocenters. The first kappa shape index (κ1) is 19.4. The second-order valence-electron chi connectivity index (χ2n) is 7.15. The predicted octanol–water partition coefficient (Wildman–Crippen LogP) is 2.08. The van der Waals surface area contributed by atoms with Crippen LogP contribution in [0.15, 0.2) is 18.3 Å². The van der Waals surface area contributed by atoms with Crippen LogP contribution in [0.3, 0.4) is 0 Å². The molecular weight excluding hydrogens is 350 g/mol. The first-order valence-electron chi connectivity index (χ1n) is 9.56. The molecule has 1 aliphatic carbocycles. The molecule has 1 aromatic rings. The number of hydrogen-bond donors (Lipinski definition) is 3. The number of carboxylic acid groups (broad SMARTS) is 1. The number of hydrogen-bond acceptors (Lipinski definition) is 5. The maximum absolute atomic E-state index is 12.1. The van der Waals surface area contributed by atoms with Crippen LogP contribution in [0, 0.1) is 5.92 Å². The Hall–Kier alpha value is -2.35. The lowest BCUT2D eigenvalue weighted by atomic mass is 9.86. The summed E-state index contributed by atoms with van der Waals surface area (Å²) in [6.45, 7) is 1.80. The Morgan fingerprint density at radius 3 is 2.63 bits per heavy atom. The van der Waals surface area contributed by atoms with Gasteiger partial charge in [0.2, 0.25) is 5.88 Å². The van der Waals surface area contributed by atoms with Crippen LogP contribution in [0.4, 0.5) is 4.79 Å². The molecule has 0 spiro atoms. The smallest absolute Gasteiger partial charge is 0.315 e. The van der Waals surface area contributed by atoms with Crippen LogP contribution >= 0.6 is 0 Å². The van der Waals surface area contributed by atoms with Crippen LogP contribution in [0.5, 0.6) is 5.88 Å². The van der Waals surface area contributed by atoms with Crippen molar-refractivity contribution in [2.45, 2.75) is 57.2 Å². The van der Waals surface area contributed by atoms with Gasteiger partial charge in [0.15, 0.2) is 0 Å². The molecule has 2 aliphatic rings. The van der Waals surface area contributed by atoms with E-state index in [1.807, 2.05) is 12.1 Å². The Kier molecular flexibility index (Phi) is 6.86. The first-order valence-corrected chi connectivity index (χ1v) is 9.56. The highest BCUT2D eigenvalue weighted by Crippen LogP contribution is 2.24. The van der Waals surface area contributed by atoms with Gasteiger partial charge in [-0.05, 0) is 37.3 Å². The van der Waals surface area contributed by atoms with Gasteiger partial charge in [0.1, 0.15) is 6.10 Å². The minimum absolute atomic E-state index is 0.0328. The Labute approximate surface area is 158 Å². The van der Waals surface area contributed by atoms with Crippen LogP contribution in [-0.2, 0) is 16.1 Å². The van der Waals surface area contributed by atoms with E-state index in [0.29, 0.717) is 51.3 Å². The highest BCUT2D eigenvalue weighted by molar-refractivity contribution is 5.74. The number of pyridine rings is 1. The number of ether oxygens (including phenoxy) is 2. The summed E-state index contributed by atoms with van der Waals surface area (Å²) in [6, 6.07) is 3.48. The SMILES string of the molecule is O=C(NCc1ccnc(OC2CCOCC2)c1)NC1CCC(C(=O)O)CC1. The number of rotatable bonds is 6. The van der Waals surface area contributed by atoms with E-state index in [1.54, 1.807) is 6.20 Å². The Morgan fingerprint density at radius 1 is 1.19 bits per heavy atom. The summed E-state index contributed by atoms with van der Waals surface area (Å²) in [5.41, 5.74) is 0.914. The van der Waals surface area contributed by atoms with E-state index in [2.05, 4.69) is 15.6 Å². The van der Waals surface area contributed by atoms with Crippen molar-refractivity contribution in [2.75, 3.05) is 13.2 Å². The highest BCUT2D eigenvalue weighted by Gasteiger charge is 2.26. The maximum Gasteiger partial charge on any atom is 0.315 e. The summed E-state index contributed by atoms with van der Waals surface area (Å²) in [5, 5.41) is 14.8. The van der Waals surface area contributed by atoms with Crippen molar-refractivity contribution in [1.29, 1.82) is 0 Å². The normalized spacial score (nSPS) is 23.4. The largest absolute Gasteiger partial charge is 0.481 e. The summed E-state index contributed by atoms with van der Waals surface area (Å²) in [5.74, 6) is -0.458. The van der Waals surface area contributed by atoms with Gasteiger partial charge in [-0.15, -0.1) is 0 Å². The van der Waals surface area contributed by atoms with Crippen LogP contribution in [0.25, 0.3) is 0 Å². The Bertz CT molecular complexity index is 640. The molecule has 3 rings (SSSR count). The fourth-order valence-electron chi connectivity index (χ4n) is 3.49. The van der Waals surface area contributed by atoms with Gasteiger partial charge >= 0.3 is 12.0 Å². The molecule has 0 radical (unpaired) electrons. The van der Waals surface area contributed by atoms with Crippen molar-refractivity contribution >= 4 is 12.0 Å². The summed E-state index contributed by atoms with van der Waals surface area (Å²) >= 11 is 0. The number of carboxylic acids is 1. The van der Waals surface area contributed by atoms with Crippen molar-refractivity contribution in [3.63, 3.8) is 0 Å². The molecule has 2 fully saturated rings. The summed E-state index contributed by atoms with van der Waals surface area (Å²) in [6.07, 6.45) is 6.13. The second-order valence-corrected chi connectivity index (χ2v) is 7.15. The molecule has 0 atom stereocenters. The lowest BCUT2D eigenvalue weighted by Crippen LogP contribution is -2.43. The quantitative estimate of drug-likeness (QED) is 0.700. The third-order valence-corrected chi connectivity index (χ3v) is 5.12. The van der Waals surface area contributed by atoms with E-state index < -0.39 is 5.97 Å². The molecule has 2 heterocycles. The number of aromatic nitrogens is 1. The predicted molar refractivity (Wildman–Crippen MR) is 97.5 cm³/mol. The molecule has 8 nitrogen and oxygen atoms in total. The molecule has 0 aromatic carbocycles. The van der Waals surface area contributed by atoms with Gasteiger partial charge in [-0.1, -0.05) is 0 Å². The highest BCUT2D eigenvalue weighted by atomic mass is 16.5. The minimum atomic E-state index is -0.741. The average Bonchev–Trinajstić information content (AvgIpc) is 2.68. The monoisotopic (exact) mass is 377 g/mol. The molecule has 1 aromatic heterocycles. The molecule has 1 saturated heterocycles. The number of carbonyl (C=O) groups excluding carboxylic acids is 1. The second kappa shape index (κ2) is 9.55. The van der Waals surface area contributed by atoms with Crippen LogP contribution in [-0.4, -0.2) is 47.5 Å². The van der Waals surface area contributed by atoms with Gasteiger partial charge in [-0.2, -0.15) is 0 Å². The maximum atomic E-state index is 12.1. The zero-order valence-electron chi connectivity index (χ0n) is 15.4. The van der Waals surface area contributed by atoms with Gasteiger partial charge in [-0.25, -0.2) is 9.78 Å². The molecule has 1 saturated carbocycles. The number of nitrogens with one attached hydrogen (secondary N) is 2. The van der Waals surface area contributed by atoms with Crippen molar-refractivity contribution in [3.8, 4) is 5.88 Å². The minimum Gasteiger partial charge on any atom is -0.481 e. The van der Waals surface area contributed by atoms with E-state index in [1.165, 1.54) is 0 Å². The fourth-order valence-corrected chi connectivity index (χ4v) is 3.49. The third kappa shape index (κ3) is 6.09. The number of amides is 2. The van der Waals surface area contributed by atoms with E-state index in [-0.39, 0.29) is 24.1 Å². The number of nitrogens with zero attached hydrogens (tertiary/aromatic N) is 1. The fraction of sp³-hybridized carbons (Fsp3) is 0.632. The molecule has 0 bridgehead atoms. The van der Waals surface area contributed by atoms with Crippen LogP contribution in [0.1, 0.15) is 44.1 Å². The molecule has 27 heavy (non-hydrogen) atoms. The van der Waals surface area contributed by atoms with Gasteiger partial charge in [-0.3, -0.25) is 4.79 Å². The molecule has 1 aliphatic heterocycles. The lowest BCUT2D eigenvalue weighted by Gasteiger charge is -2.26. The summed E-state index contributed by atoms with van der Waals surface area (Å²) in [4.78, 5) is 27.3. The van der Waals surface area contributed by atoms with Crippen molar-refractivity contribution < 1.29 is 24.2 Å². The van der Waals surface area contributed by atoms with Crippen molar-refractivity contribution in [2.24, 2.45) is 5.92 Å². The van der Waals surface area contributed by atoms with Gasteiger partial charge in [0, 0.05) is 37.7 Å². The number of carbonyl (C=O) groups is 2. The Morgan fingerprint density at radius 2 is 1.93 bits per heavy atom. The van der Waals surface area contributed by atoms with Gasteiger partial charge < -0.3 is 25.2 Å².